The van der Waals surface area contributed by atoms with Crippen molar-refractivity contribution in [3.05, 3.63) is 47.0 Å². The lowest BCUT2D eigenvalue weighted by Gasteiger charge is -2.25. The predicted octanol–water partition coefficient (Wildman–Crippen LogP) is 5.27. The van der Waals surface area contributed by atoms with E-state index in [9.17, 15) is 9.59 Å². The van der Waals surface area contributed by atoms with Crippen LogP contribution in [0.15, 0.2) is 35.9 Å². The van der Waals surface area contributed by atoms with E-state index in [0.717, 1.165) is 19.3 Å². The molecule has 4 nitrogen and oxygen atoms in total. The minimum atomic E-state index is -0.250. The Hall–Kier alpha value is -2.10. The van der Waals surface area contributed by atoms with E-state index in [-0.39, 0.29) is 23.7 Å². The lowest BCUT2D eigenvalue weighted by molar-refractivity contribution is -0.143. The first kappa shape index (κ1) is 22.2. The van der Waals surface area contributed by atoms with Gasteiger partial charge in [0.15, 0.2) is 0 Å². The lowest BCUT2D eigenvalue weighted by atomic mass is 9.86. The molecule has 1 aliphatic rings. The van der Waals surface area contributed by atoms with Gasteiger partial charge < -0.3 is 9.64 Å². The van der Waals surface area contributed by atoms with E-state index in [2.05, 4.69) is 26.8 Å². The molecule has 0 saturated heterocycles. The summed E-state index contributed by atoms with van der Waals surface area (Å²) in [5.74, 6) is -0.263. The molecule has 4 heteroatoms. The molecule has 0 spiro atoms. The quantitative estimate of drug-likeness (QED) is 0.452. The highest BCUT2D eigenvalue weighted by atomic mass is 16.5. The number of carbonyl (C=O) groups excluding carboxylic acids is 2. The predicted molar refractivity (Wildman–Crippen MR) is 113 cm³/mol. The molecule has 0 aromatic heterocycles. The molecule has 1 aromatic rings. The Balaban J connectivity index is 2.07. The summed E-state index contributed by atoms with van der Waals surface area (Å²) in [4.78, 5) is 26.7. The zero-order valence-corrected chi connectivity index (χ0v) is 17.9. The number of ether oxygens (including phenoxy) is 1. The molecular formula is C24H35NO3. The molecule has 1 aliphatic carbocycles. The van der Waals surface area contributed by atoms with Crippen molar-refractivity contribution in [1.29, 1.82) is 0 Å². The van der Waals surface area contributed by atoms with Crippen LogP contribution >= 0.6 is 0 Å². The number of benzene rings is 1. The average Bonchev–Trinajstić information content (AvgIpc) is 2.68. The first-order valence-electron chi connectivity index (χ1n) is 10.5. The van der Waals surface area contributed by atoms with Crippen molar-refractivity contribution in [2.45, 2.75) is 71.6 Å². The molecule has 1 amide bonds. The highest BCUT2D eigenvalue weighted by molar-refractivity contribution is 5.94. The second-order valence-corrected chi connectivity index (χ2v) is 8.53. The Labute approximate surface area is 170 Å². The van der Waals surface area contributed by atoms with Crippen LogP contribution in [0, 0.1) is 0 Å². The molecule has 0 unspecified atom stereocenters. The maximum Gasteiger partial charge on any atom is 0.307 e. The van der Waals surface area contributed by atoms with Gasteiger partial charge in [0.2, 0.25) is 0 Å². The van der Waals surface area contributed by atoms with E-state index in [1.165, 1.54) is 24.0 Å². The van der Waals surface area contributed by atoms with Gasteiger partial charge in [-0.3, -0.25) is 9.59 Å². The van der Waals surface area contributed by atoms with Crippen LogP contribution in [0.3, 0.4) is 0 Å². The number of rotatable bonds is 8. The van der Waals surface area contributed by atoms with Gasteiger partial charge in [-0.15, -0.1) is 0 Å². The maximum absolute atomic E-state index is 13.1. The Morgan fingerprint density at radius 2 is 1.79 bits per heavy atom. The smallest absolute Gasteiger partial charge is 0.307 e. The zero-order chi connectivity index (χ0) is 20.6. The third-order valence-corrected chi connectivity index (χ3v) is 5.26. The second-order valence-electron chi connectivity index (χ2n) is 8.53. The van der Waals surface area contributed by atoms with Gasteiger partial charge in [0, 0.05) is 18.7 Å². The fourth-order valence-corrected chi connectivity index (χ4v) is 3.48. The van der Waals surface area contributed by atoms with Crippen molar-refractivity contribution < 1.29 is 14.3 Å². The summed E-state index contributed by atoms with van der Waals surface area (Å²) in [6, 6.07) is 7.86. The van der Waals surface area contributed by atoms with E-state index >= 15 is 0 Å². The van der Waals surface area contributed by atoms with Crippen LogP contribution in [0.25, 0.3) is 0 Å². The molecule has 0 N–H and O–H groups in total. The third-order valence-electron chi connectivity index (χ3n) is 5.26. The normalized spacial score (nSPS) is 14.4. The van der Waals surface area contributed by atoms with Crippen molar-refractivity contribution in [3.63, 3.8) is 0 Å². The molecule has 0 bridgehead atoms. The van der Waals surface area contributed by atoms with Gasteiger partial charge in [-0.2, -0.15) is 0 Å². The highest BCUT2D eigenvalue weighted by Gasteiger charge is 2.20. The second kappa shape index (κ2) is 10.4. The number of amides is 1. The van der Waals surface area contributed by atoms with E-state index < -0.39 is 0 Å². The van der Waals surface area contributed by atoms with Gasteiger partial charge in [0.25, 0.3) is 5.91 Å². The number of allylic oxidation sites excluding steroid dienone is 1. The van der Waals surface area contributed by atoms with Crippen LogP contribution in [0.5, 0.6) is 0 Å². The fourth-order valence-electron chi connectivity index (χ4n) is 3.48. The molecular weight excluding hydrogens is 350 g/mol. The molecule has 1 aromatic carbocycles. The molecule has 0 heterocycles. The van der Waals surface area contributed by atoms with Crippen molar-refractivity contribution in [3.8, 4) is 0 Å². The molecule has 154 valence electrons. The van der Waals surface area contributed by atoms with Gasteiger partial charge in [0.05, 0.1) is 13.0 Å². The molecule has 2 rings (SSSR count). The van der Waals surface area contributed by atoms with Gasteiger partial charge in [-0.05, 0) is 62.1 Å². The van der Waals surface area contributed by atoms with Crippen LogP contribution in [-0.2, 0) is 14.9 Å². The third kappa shape index (κ3) is 6.81. The molecule has 0 atom stereocenters. The summed E-state index contributed by atoms with van der Waals surface area (Å²) in [5.41, 5.74) is 3.37. The zero-order valence-electron chi connectivity index (χ0n) is 17.9. The monoisotopic (exact) mass is 385 g/mol. The van der Waals surface area contributed by atoms with Crippen LogP contribution in [0.4, 0.5) is 0 Å². The molecule has 0 radical (unpaired) electrons. The Kier molecular flexibility index (Phi) is 8.28. The molecule has 0 aliphatic heterocycles. The van der Waals surface area contributed by atoms with Crippen LogP contribution < -0.4 is 0 Å². The maximum atomic E-state index is 13.1. The van der Waals surface area contributed by atoms with Crippen LogP contribution in [-0.4, -0.2) is 36.5 Å². The first-order chi connectivity index (χ1) is 13.3. The molecule has 28 heavy (non-hydrogen) atoms. The van der Waals surface area contributed by atoms with Gasteiger partial charge in [-0.25, -0.2) is 0 Å². The Bertz CT molecular complexity index is 683. The number of carbonyl (C=O) groups is 2. The van der Waals surface area contributed by atoms with Gasteiger partial charge in [0.1, 0.15) is 0 Å². The van der Waals surface area contributed by atoms with Crippen LogP contribution in [0.1, 0.15) is 82.1 Å². The first-order valence-corrected chi connectivity index (χ1v) is 10.5. The lowest BCUT2D eigenvalue weighted by Crippen LogP contribution is -2.34. The number of hydrogen-bond acceptors (Lipinski definition) is 3. The minimum Gasteiger partial charge on any atom is -0.466 e. The summed E-state index contributed by atoms with van der Waals surface area (Å²) in [5, 5.41) is 0. The largest absolute Gasteiger partial charge is 0.466 e. The van der Waals surface area contributed by atoms with Crippen LogP contribution in [0.2, 0.25) is 0 Å². The highest BCUT2D eigenvalue weighted by Crippen LogP contribution is 2.23. The fraction of sp³-hybridized carbons (Fsp3) is 0.583. The summed E-state index contributed by atoms with van der Waals surface area (Å²) in [7, 11) is 0. The minimum absolute atomic E-state index is 0.0128. The Morgan fingerprint density at radius 3 is 2.36 bits per heavy atom. The SMILES string of the molecule is CCOC(=O)CCN(CCC1=CCCCC1)C(=O)c1ccc(C(C)(C)C)cc1. The number of hydrogen-bond donors (Lipinski definition) is 0. The van der Waals surface area contributed by atoms with Crippen molar-refractivity contribution >= 4 is 11.9 Å². The summed E-state index contributed by atoms with van der Waals surface area (Å²) < 4.78 is 5.04. The summed E-state index contributed by atoms with van der Waals surface area (Å²) in [6.07, 6.45) is 8.19. The van der Waals surface area contributed by atoms with Gasteiger partial charge >= 0.3 is 5.97 Å². The molecule has 0 fully saturated rings. The number of nitrogens with zero attached hydrogens (tertiary/aromatic N) is 1. The van der Waals surface area contributed by atoms with Crippen molar-refractivity contribution in [2.75, 3.05) is 19.7 Å². The number of esters is 1. The standard InChI is InChI=1S/C24H35NO3/c1-5-28-22(26)16-18-25(17-15-19-9-7-6-8-10-19)23(27)20-11-13-21(14-12-20)24(2,3)4/h9,11-14H,5-8,10,15-18H2,1-4H3. The topological polar surface area (TPSA) is 46.6 Å². The molecule has 0 saturated carbocycles. The Morgan fingerprint density at radius 1 is 1.07 bits per heavy atom. The van der Waals surface area contributed by atoms with Gasteiger partial charge in [-0.1, -0.05) is 44.6 Å². The average molecular weight is 386 g/mol. The van der Waals surface area contributed by atoms with E-state index in [1.807, 2.05) is 24.3 Å². The summed E-state index contributed by atoms with van der Waals surface area (Å²) >= 11 is 0. The van der Waals surface area contributed by atoms with E-state index in [4.69, 9.17) is 4.74 Å². The van der Waals surface area contributed by atoms with E-state index in [1.54, 1.807) is 11.8 Å². The summed E-state index contributed by atoms with van der Waals surface area (Å²) in [6.45, 7) is 9.69. The van der Waals surface area contributed by atoms with Crippen molar-refractivity contribution in [1.82, 2.24) is 4.90 Å². The van der Waals surface area contributed by atoms with Crippen molar-refractivity contribution in [2.24, 2.45) is 0 Å². The van der Waals surface area contributed by atoms with E-state index in [0.29, 0.717) is 25.3 Å².